The number of hydrogen-bond donors (Lipinski definition) is 3. The van der Waals surface area contributed by atoms with Crippen molar-refractivity contribution < 1.29 is 14.8 Å². The van der Waals surface area contributed by atoms with Gasteiger partial charge in [0, 0.05) is 42.0 Å². The van der Waals surface area contributed by atoms with Gasteiger partial charge in [0.05, 0.1) is 5.02 Å². The third kappa shape index (κ3) is 6.34. The highest BCUT2D eigenvalue weighted by atomic mass is 35.5. The number of aromatic nitrogens is 1. The lowest BCUT2D eigenvalue weighted by atomic mass is 10.0. The average Bonchev–Trinajstić information content (AvgIpc) is 2.74. The maximum Gasteiger partial charge on any atom is 0.267 e. The number of rotatable bonds is 5. The van der Waals surface area contributed by atoms with E-state index in [2.05, 4.69) is 10.3 Å². The SMILES string of the molecule is Cl.O=C(C=Cc1cnc(NC2CCN(C(=O)c3ccc(Cl)cc3)CC2)c(Cl)c1)NO. The second kappa shape index (κ2) is 11.2. The second-order valence-corrected chi connectivity index (χ2v) is 7.47. The number of halogens is 3. The minimum Gasteiger partial charge on any atom is -0.366 e. The van der Waals surface area contributed by atoms with E-state index in [1.165, 1.54) is 17.6 Å². The largest absolute Gasteiger partial charge is 0.366 e. The fourth-order valence-corrected chi connectivity index (χ4v) is 3.41. The topological polar surface area (TPSA) is 94.6 Å². The van der Waals surface area contributed by atoms with E-state index in [0.29, 0.717) is 40.1 Å². The molecule has 30 heavy (non-hydrogen) atoms. The molecule has 0 unspecified atom stereocenters. The zero-order valence-electron chi connectivity index (χ0n) is 15.8. The number of carbonyl (C=O) groups is 2. The summed E-state index contributed by atoms with van der Waals surface area (Å²) in [4.78, 5) is 29.7. The number of anilines is 1. The number of nitrogens with one attached hydrogen (secondary N) is 2. The molecule has 1 aromatic carbocycles. The van der Waals surface area contributed by atoms with Gasteiger partial charge in [-0.15, -0.1) is 12.4 Å². The van der Waals surface area contributed by atoms with Crippen molar-refractivity contribution in [1.29, 1.82) is 0 Å². The summed E-state index contributed by atoms with van der Waals surface area (Å²) in [6, 6.07) is 8.72. The zero-order valence-corrected chi connectivity index (χ0v) is 18.2. The number of benzene rings is 1. The van der Waals surface area contributed by atoms with Gasteiger partial charge >= 0.3 is 0 Å². The van der Waals surface area contributed by atoms with E-state index in [4.69, 9.17) is 28.4 Å². The monoisotopic (exact) mass is 470 g/mol. The first-order valence-electron chi connectivity index (χ1n) is 9.05. The van der Waals surface area contributed by atoms with Crippen LogP contribution in [0.5, 0.6) is 0 Å². The Balaban J connectivity index is 0.00000320. The summed E-state index contributed by atoms with van der Waals surface area (Å²) < 4.78 is 0. The Morgan fingerprint density at radius 2 is 1.83 bits per heavy atom. The summed E-state index contributed by atoms with van der Waals surface area (Å²) in [5, 5.41) is 12.8. The number of hydrogen-bond acceptors (Lipinski definition) is 5. The Labute approximate surface area is 190 Å². The highest BCUT2D eigenvalue weighted by Gasteiger charge is 2.24. The summed E-state index contributed by atoms with van der Waals surface area (Å²) in [5.41, 5.74) is 2.78. The van der Waals surface area contributed by atoms with Crippen LogP contribution in [-0.4, -0.2) is 46.0 Å². The predicted octanol–water partition coefficient (Wildman–Crippen LogP) is 4.05. The van der Waals surface area contributed by atoms with Gasteiger partial charge in [-0.25, -0.2) is 10.5 Å². The fourth-order valence-electron chi connectivity index (χ4n) is 3.05. The van der Waals surface area contributed by atoms with Crippen LogP contribution in [0, 0.1) is 0 Å². The van der Waals surface area contributed by atoms with Crippen LogP contribution < -0.4 is 10.8 Å². The summed E-state index contributed by atoms with van der Waals surface area (Å²) in [5.74, 6) is -0.0829. The number of piperidine rings is 1. The molecule has 1 aliphatic rings. The molecule has 0 aliphatic carbocycles. The van der Waals surface area contributed by atoms with Crippen molar-refractivity contribution >= 4 is 59.3 Å². The molecule has 1 aliphatic heterocycles. The number of pyridine rings is 1. The van der Waals surface area contributed by atoms with Gasteiger partial charge in [0.15, 0.2) is 0 Å². The Hall–Kier alpha value is -2.32. The molecule has 3 N–H and O–H groups in total. The summed E-state index contributed by atoms with van der Waals surface area (Å²) in [6.07, 6.45) is 5.79. The van der Waals surface area contributed by atoms with Crippen molar-refractivity contribution in [1.82, 2.24) is 15.4 Å². The van der Waals surface area contributed by atoms with Crippen LogP contribution >= 0.6 is 35.6 Å². The van der Waals surface area contributed by atoms with Crippen molar-refractivity contribution in [2.45, 2.75) is 18.9 Å². The van der Waals surface area contributed by atoms with Crippen LogP contribution in [-0.2, 0) is 4.79 Å². The van der Waals surface area contributed by atoms with Crippen molar-refractivity contribution in [3.05, 3.63) is 63.8 Å². The molecule has 0 saturated carbocycles. The lowest BCUT2D eigenvalue weighted by Crippen LogP contribution is -2.42. The summed E-state index contributed by atoms with van der Waals surface area (Å²) >= 11 is 12.2. The van der Waals surface area contributed by atoms with E-state index in [1.807, 2.05) is 4.90 Å². The number of nitrogens with zero attached hydrogens (tertiary/aromatic N) is 2. The molecule has 160 valence electrons. The number of hydroxylamine groups is 1. The van der Waals surface area contributed by atoms with Gasteiger partial charge in [-0.05, 0) is 54.8 Å². The first-order valence-corrected chi connectivity index (χ1v) is 9.81. The minimum absolute atomic E-state index is 0. The molecule has 10 heteroatoms. The fraction of sp³-hybridized carbons (Fsp3) is 0.250. The Bertz CT molecular complexity index is 914. The molecule has 7 nitrogen and oxygen atoms in total. The molecule has 3 rings (SSSR count). The molecule has 2 aromatic rings. The average molecular weight is 472 g/mol. The van der Waals surface area contributed by atoms with Crippen molar-refractivity contribution in [3.8, 4) is 0 Å². The molecule has 1 fully saturated rings. The Morgan fingerprint density at radius 1 is 1.17 bits per heavy atom. The van der Waals surface area contributed by atoms with Crippen LogP contribution in [0.15, 0.2) is 42.6 Å². The van der Waals surface area contributed by atoms with Crippen molar-refractivity contribution in [3.63, 3.8) is 0 Å². The number of amides is 2. The third-order valence-corrected chi connectivity index (χ3v) is 5.15. The number of carbonyl (C=O) groups excluding carboxylic acids is 2. The van der Waals surface area contributed by atoms with Gasteiger partial charge in [-0.1, -0.05) is 23.2 Å². The standard InChI is InChI=1S/C20H20Cl2N4O3.ClH/c21-15-4-2-14(3-5-15)20(28)26-9-7-16(8-10-26)24-19-17(22)11-13(12-23-19)1-6-18(27)25-29;/h1-6,11-12,16,29H,7-10H2,(H,23,24)(H,25,27);1H. The van der Waals surface area contributed by atoms with Gasteiger partial charge in [-0.2, -0.15) is 0 Å². The first kappa shape index (κ1) is 24.0. The first-order chi connectivity index (χ1) is 14.0. The van der Waals surface area contributed by atoms with Crippen LogP contribution in [0.3, 0.4) is 0 Å². The maximum atomic E-state index is 12.6. The smallest absolute Gasteiger partial charge is 0.267 e. The summed E-state index contributed by atoms with van der Waals surface area (Å²) in [6.45, 7) is 1.27. The molecule has 2 heterocycles. The van der Waals surface area contributed by atoms with E-state index in [1.54, 1.807) is 36.5 Å². The second-order valence-electron chi connectivity index (χ2n) is 6.63. The molecule has 0 radical (unpaired) electrons. The molecule has 2 amide bonds. The summed E-state index contributed by atoms with van der Waals surface area (Å²) in [7, 11) is 0. The lowest BCUT2D eigenvalue weighted by molar-refractivity contribution is -0.124. The molecular formula is C20H21Cl3N4O3. The molecule has 0 atom stereocenters. The highest BCUT2D eigenvalue weighted by Crippen LogP contribution is 2.24. The molecule has 0 bridgehead atoms. The van der Waals surface area contributed by atoms with Crippen LogP contribution in [0.4, 0.5) is 5.82 Å². The van der Waals surface area contributed by atoms with Crippen molar-refractivity contribution in [2.75, 3.05) is 18.4 Å². The lowest BCUT2D eigenvalue weighted by Gasteiger charge is -2.33. The number of likely N-dealkylation sites (tertiary alicyclic amines) is 1. The van der Waals surface area contributed by atoms with E-state index in [0.717, 1.165) is 12.8 Å². The normalized spacial score (nSPS) is 14.3. The Kier molecular flexibility index (Phi) is 8.92. The van der Waals surface area contributed by atoms with E-state index in [-0.39, 0.29) is 24.4 Å². The van der Waals surface area contributed by atoms with Crippen molar-refractivity contribution in [2.24, 2.45) is 0 Å². The van der Waals surface area contributed by atoms with E-state index in [9.17, 15) is 9.59 Å². The quantitative estimate of drug-likeness (QED) is 0.347. The van der Waals surface area contributed by atoms with Crippen LogP contribution in [0.25, 0.3) is 6.08 Å². The van der Waals surface area contributed by atoms with Gasteiger partial charge in [0.1, 0.15) is 5.82 Å². The van der Waals surface area contributed by atoms with Crippen LogP contribution in [0.2, 0.25) is 10.0 Å². The molecule has 1 saturated heterocycles. The Morgan fingerprint density at radius 3 is 2.43 bits per heavy atom. The third-order valence-electron chi connectivity index (χ3n) is 4.61. The molecule has 0 spiro atoms. The van der Waals surface area contributed by atoms with Gasteiger partial charge in [-0.3, -0.25) is 14.8 Å². The van der Waals surface area contributed by atoms with Gasteiger partial charge in [0.2, 0.25) is 0 Å². The van der Waals surface area contributed by atoms with E-state index >= 15 is 0 Å². The zero-order chi connectivity index (χ0) is 20.8. The highest BCUT2D eigenvalue weighted by molar-refractivity contribution is 6.33. The van der Waals surface area contributed by atoms with Gasteiger partial charge < -0.3 is 10.2 Å². The molecule has 1 aromatic heterocycles. The minimum atomic E-state index is -0.636. The van der Waals surface area contributed by atoms with Gasteiger partial charge in [0.25, 0.3) is 11.8 Å². The van der Waals surface area contributed by atoms with Crippen LogP contribution in [0.1, 0.15) is 28.8 Å². The predicted molar refractivity (Wildman–Crippen MR) is 119 cm³/mol. The van der Waals surface area contributed by atoms with E-state index < -0.39 is 5.91 Å². The maximum absolute atomic E-state index is 12.6. The molecular weight excluding hydrogens is 451 g/mol.